The van der Waals surface area contributed by atoms with Gasteiger partial charge in [0, 0.05) is 22.9 Å². The maximum Gasteiger partial charge on any atom is 0.235 e. The highest BCUT2D eigenvalue weighted by Crippen LogP contribution is 2.26. The number of aromatic nitrogens is 5. The predicted molar refractivity (Wildman–Crippen MR) is 87.9 cm³/mol. The summed E-state index contributed by atoms with van der Waals surface area (Å²) in [6, 6.07) is 14.2. The smallest absolute Gasteiger partial charge is 0.235 e. The fourth-order valence-electron chi connectivity index (χ4n) is 2.02. The molecule has 0 N–H and O–H groups in total. The van der Waals surface area contributed by atoms with Gasteiger partial charge in [-0.25, -0.2) is 0 Å². The molecule has 3 aromatic heterocycles. The minimum absolute atomic E-state index is 0.737. The van der Waals surface area contributed by atoms with Crippen LogP contribution in [0.15, 0.2) is 59.8 Å². The number of rotatable bonds is 4. The molecule has 0 aliphatic heterocycles. The van der Waals surface area contributed by atoms with Gasteiger partial charge in [-0.15, -0.1) is 22.0 Å². The Hall–Kier alpha value is -2.25. The average Bonchev–Trinajstić information content (AvgIpc) is 3.16. The summed E-state index contributed by atoms with van der Waals surface area (Å²) in [7, 11) is 0. The van der Waals surface area contributed by atoms with Gasteiger partial charge >= 0.3 is 0 Å². The molecule has 7 heteroatoms. The molecule has 5 nitrogen and oxygen atoms in total. The molecule has 0 aliphatic rings. The van der Waals surface area contributed by atoms with Crippen LogP contribution in [0.1, 0.15) is 5.82 Å². The first-order chi connectivity index (χ1) is 10.9. The lowest BCUT2D eigenvalue weighted by Gasteiger charge is -1.98. The Balaban J connectivity index is 1.61. The molecule has 0 spiro atoms. The van der Waals surface area contributed by atoms with Crippen molar-refractivity contribution >= 4 is 28.1 Å². The van der Waals surface area contributed by atoms with Gasteiger partial charge in [0.05, 0.1) is 5.75 Å². The molecule has 0 aliphatic carbocycles. The quantitative estimate of drug-likeness (QED) is 0.537. The molecule has 0 bridgehead atoms. The van der Waals surface area contributed by atoms with Crippen molar-refractivity contribution < 1.29 is 0 Å². The number of hydrogen-bond donors (Lipinski definition) is 0. The van der Waals surface area contributed by atoms with Crippen molar-refractivity contribution in [3.8, 4) is 10.6 Å². The van der Waals surface area contributed by atoms with Crippen LogP contribution in [0.4, 0.5) is 0 Å². The Morgan fingerprint density at radius 3 is 2.77 bits per heavy atom. The summed E-state index contributed by atoms with van der Waals surface area (Å²) in [6.45, 7) is 0. The highest BCUT2D eigenvalue weighted by Gasteiger charge is 2.13. The highest BCUT2D eigenvalue weighted by atomic mass is 32.2. The van der Waals surface area contributed by atoms with Crippen molar-refractivity contribution in [3.05, 3.63) is 60.7 Å². The van der Waals surface area contributed by atoms with E-state index >= 15 is 0 Å². The van der Waals surface area contributed by atoms with E-state index in [0.29, 0.717) is 0 Å². The summed E-state index contributed by atoms with van der Waals surface area (Å²) >= 11 is 3.25. The third-order valence-corrected chi connectivity index (χ3v) is 5.03. The van der Waals surface area contributed by atoms with Crippen molar-refractivity contribution in [2.75, 3.05) is 0 Å². The highest BCUT2D eigenvalue weighted by molar-refractivity contribution is 7.98. The zero-order chi connectivity index (χ0) is 14.8. The van der Waals surface area contributed by atoms with Gasteiger partial charge < -0.3 is 0 Å². The van der Waals surface area contributed by atoms with Crippen molar-refractivity contribution in [1.29, 1.82) is 0 Å². The zero-order valence-corrected chi connectivity index (χ0v) is 13.1. The van der Waals surface area contributed by atoms with Crippen molar-refractivity contribution in [2.24, 2.45) is 0 Å². The van der Waals surface area contributed by atoms with Crippen molar-refractivity contribution in [1.82, 2.24) is 24.8 Å². The van der Waals surface area contributed by atoms with Crippen LogP contribution in [0.5, 0.6) is 0 Å². The average molecular weight is 325 g/mol. The Labute approximate surface area is 135 Å². The van der Waals surface area contributed by atoms with E-state index in [1.54, 1.807) is 18.0 Å². The van der Waals surface area contributed by atoms with E-state index in [-0.39, 0.29) is 0 Å². The summed E-state index contributed by atoms with van der Waals surface area (Å²) in [4.78, 5) is 6.15. The standard InChI is InChI=1S/C15H11N5S2/c1-2-6-12(7-3-1)21-10-13-17-18-15-20(13)19-14(22-15)11-5-4-8-16-9-11/h1-9H,10H2. The molecule has 0 fully saturated rings. The normalized spacial score (nSPS) is 11.1. The van der Waals surface area contributed by atoms with Crippen molar-refractivity contribution in [3.63, 3.8) is 0 Å². The first-order valence-electron chi connectivity index (χ1n) is 6.69. The van der Waals surface area contributed by atoms with Gasteiger partial charge in [0.25, 0.3) is 0 Å². The Morgan fingerprint density at radius 2 is 1.95 bits per heavy atom. The molecule has 0 saturated heterocycles. The molecule has 108 valence electrons. The fraction of sp³-hybridized carbons (Fsp3) is 0.0667. The van der Waals surface area contributed by atoms with E-state index in [1.165, 1.54) is 16.2 Å². The second-order valence-corrected chi connectivity index (χ2v) is 6.57. The minimum Gasteiger partial charge on any atom is -0.264 e. The Morgan fingerprint density at radius 1 is 1.05 bits per heavy atom. The van der Waals surface area contributed by atoms with Crippen molar-refractivity contribution in [2.45, 2.75) is 10.6 Å². The van der Waals surface area contributed by atoms with Crippen LogP contribution in [0.25, 0.3) is 15.5 Å². The van der Waals surface area contributed by atoms with Crippen LogP contribution >= 0.6 is 23.1 Å². The molecule has 0 amide bonds. The number of pyridine rings is 1. The zero-order valence-electron chi connectivity index (χ0n) is 11.5. The van der Waals surface area contributed by atoms with Gasteiger partial charge in [-0.1, -0.05) is 29.5 Å². The number of nitrogens with zero attached hydrogens (tertiary/aromatic N) is 5. The summed E-state index contributed by atoms with van der Waals surface area (Å²) < 4.78 is 1.82. The van der Waals surface area contributed by atoms with Gasteiger partial charge in [0.2, 0.25) is 4.96 Å². The largest absolute Gasteiger partial charge is 0.264 e. The van der Waals surface area contributed by atoms with Crippen LogP contribution in [-0.4, -0.2) is 24.8 Å². The third kappa shape index (κ3) is 2.60. The van der Waals surface area contributed by atoms with E-state index in [9.17, 15) is 0 Å². The SMILES string of the molecule is c1ccc(SCc2nnc3sc(-c4cccnc4)nn23)cc1. The van der Waals surface area contributed by atoms with Gasteiger partial charge in [-0.3, -0.25) is 4.98 Å². The first-order valence-corrected chi connectivity index (χ1v) is 8.50. The summed E-state index contributed by atoms with van der Waals surface area (Å²) in [5.74, 6) is 1.59. The van der Waals surface area contributed by atoms with Crippen LogP contribution in [0.2, 0.25) is 0 Å². The minimum atomic E-state index is 0.737. The third-order valence-electron chi connectivity index (χ3n) is 3.08. The molecule has 0 saturated carbocycles. The molecule has 3 heterocycles. The van der Waals surface area contributed by atoms with Gasteiger partial charge in [-0.05, 0) is 24.3 Å². The van der Waals surface area contributed by atoms with E-state index in [4.69, 9.17) is 0 Å². The second-order valence-electron chi connectivity index (χ2n) is 4.56. The Bertz CT molecular complexity index is 886. The van der Waals surface area contributed by atoms with E-state index in [1.807, 2.05) is 41.0 Å². The number of benzene rings is 1. The van der Waals surface area contributed by atoms with E-state index in [2.05, 4.69) is 32.4 Å². The topological polar surface area (TPSA) is 56.0 Å². The fourth-order valence-corrected chi connectivity index (χ4v) is 3.69. The van der Waals surface area contributed by atoms with Crippen LogP contribution in [0, 0.1) is 0 Å². The molecule has 0 atom stereocenters. The summed E-state index contributed by atoms with van der Waals surface area (Å²) in [5, 5.41) is 14.0. The second kappa shape index (κ2) is 5.86. The molecule has 4 rings (SSSR count). The lowest BCUT2D eigenvalue weighted by atomic mass is 10.3. The van der Waals surface area contributed by atoms with E-state index in [0.717, 1.165) is 27.1 Å². The molecule has 0 radical (unpaired) electrons. The molecule has 1 aromatic carbocycles. The summed E-state index contributed by atoms with van der Waals surface area (Å²) in [5.41, 5.74) is 1.000. The van der Waals surface area contributed by atoms with Crippen LogP contribution in [-0.2, 0) is 5.75 Å². The lowest BCUT2D eigenvalue weighted by Crippen LogP contribution is -1.94. The van der Waals surface area contributed by atoms with Gasteiger partial charge in [-0.2, -0.15) is 9.61 Å². The lowest BCUT2D eigenvalue weighted by molar-refractivity contribution is 0.887. The number of hydrogen-bond acceptors (Lipinski definition) is 6. The van der Waals surface area contributed by atoms with E-state index < -0.39 is 0 Å². The molecule has 0 unspecified atom stereocenters. The molecular formula is C15H11N5S2. The Kier molecular flexibility index (Phi) is 3.57. The first kappa shape index (κ1) is 13.4. The molecular weight excluding hydrogens is 314 g/mol. The maximum atomic E-state index is 4.61. The summed E-state index contributed by atoms with van der Waals surface area (Å²) in [6.07, 6.45) is 3.57. The van der Waals surface area contributed by atoms with Crippen LogP contribution in [0.3, 0.4) is 0 Å². The van der Waals surface area contributed by atoms with Gasteiger partial charge in [0.1, 0.15) is 5.01 Å². The monoisotopic (exact) mass is 325 g/mol. The maximum absolute atomic E-state index is 4.61. The number of thioether (sulfide) groups is 1. The number of fused-ring (bicyclic) bond motifs is 1. The predicted octanol–water partition coefficient (Wildman–Crippen LogP) is 3.54. The van der Waals surface area contributed by atoms with Crippen LogP contribution < -0.4 is 0 Å². The molecule has 4 aromatic rings. The van der Waals surface area contributed by atoms with Gasteiger partial charge in [0.15, 0.2) is 5.82 Å². The molecule has 22 heavy (non-hydrogen) atoms.